The van der Waals surface area contributed by atoms with Gasteiger partial charge in [-0.25, -0.2) is 4.39 Å². The quantitative estimate of drug-likeness (QED) is 0.636. The minimum atomic E-state index is -0.165. The van der Waals surface area contributed by atoms with E-state index in [1.807, 2.05) is 12.1 Å². The van der Waals surface area contributed by atoms with Crippen molar-refractivity contribution in [2.75, 3.05) is 6.54 Å². The summed E-state index contributed by atoms with van der Waals surface area (Å²) in [4.78, 5) is 2.56. The van der Waals surface area contributed by atoms with Gasteiger partial charge in [0.1, 0.15) is 5.82 Å². The summed E-state index contributed by atoms with van der Waals surface area (Å²) in [6.45, 7) is 9.83. The maximum Gasteiger partial charge on any atom is 0.123 e. The Morgan fingerprint density at radius 3 is 2.62 bits per heavy atom. The third kappa shape index (κ3) is 3.05. The Balaban J connectivity index is 1.74. The highest BCUT2D eigenvalue weighted by Crippen LogP contribution is 2.33. The molecule has 2 nitrogen and oxygen atoms in total. The molecule has 4 rings (SSSR count). The number of aryl methyl sites for hydroxylation is 3. The Bertz CT molecular complexity index is 924. The summed E-state index contributed by atoms with van der Waals surface area (Å²) in [6, 6.07) is 14.3. The van der Waals surface area contributed by atoms with Gasteiger partial charge in [-0.1, -0.05) is 30.7 Å². The number of nitrogens with zero attached hydrogens (tertiary/aromatic N) is 2. The van der Waals surface area contributed by atoms with Crippen molar-refractivity contribution >= 4 is 10.9 Å². The van der Waals surface area contributed by atoms with Gasteiger partial charge in [0.05, 0.1) is 0 Å². The van der Waals surface area contributed by atoms with Crippen LogP contribution in [0.2, 0.25) is 0 Å². The van der Waals surface area contributed by atoms with Crippen molar-refractivity contribution in [1.82, 2.24) is 9.47 Å². The van der Waals surface area contributed by atoms with Gasteiger partial charge in [0, 0.05) is 42.1 Å². The van der Waals surface area contributed by atoms with Crippen molar-refractivity contribution in [3.8, 4) is 0 Å². The maximum absolute atomic E-state index is 13.2. The number of fused-ring (bicyclic) bond motifs is 3. The first-order chi connectivity index (χ1) is 12.6. The Hall–Kier alpha value is -2.13. The molecule has 0 amide bonds. The first-order valence-electron chi connectivity index (χ1n) is 9.66. The molecule has 26 heavy (non-hydrogen) atoms. The van der Waals surface area contributed by atoms with Crippen molar-refractivity contribution in [2.45, 2.75) is 52.7 Å². The minimum absolute atomic E-state index is 0.165. The summed E-state index contributed by atoms with van der Waals surface area (Å²) >= 11 is 0. The fourth-order valence-corrected chi connectivity index (χ4v) is 4.34. The van der Waals surface area contributed by atoms with E-state index in [-0.39, 0.29) is 5.82 Å². The van der Waals surface area contributed by atoms with Crippen LogP contribution in [0.3, 0.4) is 0 Å². The molecule has 1 aromatic heterocycles. The normalized spacial score (nSPS) is 17.6. The van der Waals surface area contributed by atoms with Gasteiger partial charge in [-0.15, -0.1) is 0 Å². The lowest BCUT2D eigenvalue weighted by molar-refractivity contribution is 0.192. The average Bonchev–Trinajstić information content (AvgIpc) is 2.92. The van der Waals surface area contributed by atoms with Gasteiger partial charge < -0.3 is 4.57 Å². The minimum Gasteiger partial charge on any atom is -0.344 e. The van der Waals surface area contributed by atoms with Crippen molar-refractivity contribution in [1.29, 1.82) is 0 Å². The van der Waals surface area contributed by atoms with Crippen LogP contribution in [0.1, 0.15) is 36.2 Å². The summed E-state index contributed by atoms with van der Waals surface area (Å²) in [5, 5.41) is 1.41. The molecule has 1 aliphatic heterocycles. The molecule has 0 fully saturated rings. The maximum atomic E-state index is 13.2. The molecule has 0 bridgehead atoms. The molecule has 1 aliphatic rings. The van der Waals surface area contributed by atoms with E-state index in [9.17, 15) is 4.39 Å². The number of rotatable bonds is 4. The second-order valence-corrected chi connectivity index (χ2v) is 7.59. The van der Waals surface area contributed by atoms with Crippen molar-refractivity contribution < 1.29 is 4.39 Å². The van der Waals surface area contributed by atoms with Crippen LogP contribution in [0, 0.1) is 12.7 Å². The average molecular weight is 350 g/mol. The van der Waals surface area contributed by atoms with Crippen LogP contribution in [0.4, 0.5) is 4.39 Å². The molecule has 0 radical (unpaired) electrons. The fraction of sp³-hybridized carbons (Fsp3) is 0.391. The van der Waals surface area contributed by atoms with Gasteiger partial charge in [0.2, 0.25) is 0 Å². The number of benzene rings is 2. The highest BCUT2D eigenvalue weighted by atomic mass is 19.1. The third-order valence-electron chi connectivity index (χ3n) is 5.86. The van der Waals surface area contributed by atoms with Crippen LogP contribution in [-0.2, 0) is 25.9 Å². The Labute approximate surface area is 155 Å². The molecular weight excluding hydrogens is 323 g/mol. The summed E-state index contributed by atoms with van der Waals surface area (Å²) in [5.74, 6) is -0.165. The van der Waals surface area contributed by atoms with E-state index in [4.69, 9.17) is 0 Å². The molecule has 2 aromatic carbocycles. The van der Waals surface area contributed by atoms with Gasteiger partial charge in [-0.2, -0.15) is 0 Å². The molecule has 136 valence electrons. The van der Waals surface area contributed by atoms with Crippen LogP contribution in [0.25, 0.3) is 10.9 Å². The third-order valence-corrected chi connectivity index (χ3v) is 5.86. The first kappa shape index (κ1) is 17.3. The molecule has 0 N–H and O–H groups in total. The van der Waals surface area contributed by atoms with Gasteiger partial charge in [0.25, 0.3) is 0 Å². The van der Waals surface area contributed by atoms with Crippen LogP contribution >= 0.6 is 0 Å². The summed E-state index contributed by atoms with van der Waals surface area (Å²) in [7, 11) is 0. The van der Waals surface area contributed by atoms with Gasteiger partial charge >= 0.3 is 0 Å². The number of hydrogen-bond acceptors (Lipinski definition) is 1. The number of hydrogen-bond donors (Lipinski definition) is 0. The van der Waals surface area contributed by atoms with Crippen molar-refractivity contribution in [3.63, 3.8) is 0 Å². The lowest BCUT2D eigenvalue weighted by Gasteiger charge is -2.33. The van der Waals surface area contributed by atoms with Gasteiger partial charge in [0.15, 0.2) is 0 Å². The number of aromatic nitrogens is 1. The second kappa shape index (κ2) is 6.88. The molecule has 2 heterocycles. The van der Waals surface area contributed by atoms with E-state index in [1.165, 1.54) is 33.3 Å². The lowest BCUT2D eigenvalue weighted by Crippen LogP contribution is -2.38. The van der Waals surface area contributed by atoms with Crippen molar-refractivity contribution in [3.05, 3.63) is 70.7 Å². The zero-order chi connectivity index (χ0) is 18.3. The topological polar surface area (TPSA) is 8.17 Å². The smallest absolute Gasteiger partial charge is 0.123 e. The fourth-order valence-electron chi connectivity index (χ4n) is 4.34. The molecule has 1 unspecified atom stereocenters. The highest BCUT2D eigenvalue weighted by molar-refractivity contribution is 5.86. The van der Waals surface area contributed by atoms with Crippen LogP contribution in [-0.4, -0.2) is 22.1 Å². The van der Waals surface area contributed by atoms with Crippen LogP contribution in [0.15, 0.2) is 42.5 Å². The zero-order valence-electron chi connectivity index (χ0n) is 15.9. The summed E-state index contributed by atoms with van der Waals surface area (Å²) < 4.78 is 15.7. The van der Waals surface area contributed by atoms with E-state index >= 15 is 0 Å². The first-order valence-corrected chi connectivity index (χ1v) is 9.66. The second-order valence-electron chi connectivity index (χ2n) is 7.59. The highest BCUT2D eigenvalue weighted by Gasteiger charge is 2.27. The van der Waals surface area contributed by atoms with Gasteiger partial charge in [-0.3, -0.25) is 4.90 Å². The monoisotopic (exact) mass is 350 g/mol. The molecule has 0 spiro atoms. The molecule has 3 heteroatoms. The van der Waals surface area contributed by atoms with E-state index in [0.717, 1.165) is 32.5 Å². The molecule has 3 aromatic rings. The van der Waals surface area contributed by atoms with Gasteiger partial charge in [-0.05, 0) is 62.2 Å². The Kier molecular flexibility index (Phi) is 4.58. The molecule has 0 saturated heterocycles. The Morgan fingerprint density at radius 1 is 1.12 bits per heavy atom. The summed E-state index contributed by atoms with van der Waals surface area (Å²) in [5.41, 5.74) is 6.84. The lowest BCUT2D eigenvalue weighted by atomic mass is 9.98. The Morgan fingerprint density at radius 2 is 1.88 bits per heavy atom. The van der Waals surface area contributed by atoms with Crippen LogP contribution in [0.5, 0.6) is 0 Å². The number of halogens is 1. The zero-order valence-corrected chi connectivity index (χ0v) is 15.9. The van der Waals surface area contributed by atoms with E-state index in [0.29, 0.717) is 6.04 Å². The molecule has 0 aliphatic carbocycles. The SMILES string of the molecule is CCN1Cc2c(n(CCc3ccc(F)cc3)c3ccc(C)cc23)CC1C. The molecule has 0 saturated carbocycles. The largest absolute Gasteiger partial charge is 0.344 e. The van der Waals surface area contributed by atoms with Crippen molar-refractivity contribution in [2.24, 2.45) is 0 Å². The number of likely N-dealkylation sites (N-methyl/N-ethyl adjacent to an activating group) is 1. The summed E-state index contributed by atoms with van der Waals surface area (Å²) in [6.07, 6.45) is 2.02. The predicted octanol–water partition coefficient (Wildman–Crippen LogP) is 5.10. The predicted molar refractivity (Wildman–Crippen MR) is 106 cm³/mol. The van der Waals surface area contributed by atoms with Crippen LogP contribution < -0.4 is 0 Å². The van der Waals surface area contributed by atoms with E-state index in [2.05, 4.69) is 48.4 Å². The van der Waals surface area contributed by atoms with E-state index in [1.54, 1.807) is 12.1 Å². The molecule has 1 atom stereocenters. The molecular formula is C23H27FN2. The standard InChI is InChI=1S/C23H27FN2/c1-4-25-15-21-20-13-16(2)5-10-22(20)26(23(21)14-17(25)3)12-11-18-6-8-19(24)9-7-18/h5-10,13,17H,4,11-12,14-15H2,1-3H3. The van der Waals surface area contributed by atoms with E-state index < -0.39 is 0 Å².